The van der Waals surface area contributed by atoms with E-state index < -0.39 is 11.7 Å². The standard InChI is InChI=1S/C18H11F3N.C11H8N.Ir/c19-18(20,21)15-10-8-14(9-11-15)17-16(7-4-12-22-17)13-5-2-1-3-6-13;1-2-6-10(7-3-1)11-8-4-5-9-12-11;/h1-8,10-12H;1-6,8-9H;/q2*-1;. The predicted molar refractivity (Wildman–Crippen MR) is 127 cm³/mol. The molecule has 0 saturated heterocycles. The van der Waals surface area contributed by atoms with Gasteiger partial charge in [0.1, 0.15) is 0 Å². The molecule has 35 heavy (non-hydrogen) atoms. The van der Waals surface area contributed by atoms with Crippen molar-refractivity contribution in [1.82, 2.24) is 9.97 Å². The molecule has 5 aromatic rings. The molecule has 1 radical (unpaired) electrons. The Morgan fingerprint density at radius 2 is 1.37 bits per heavy atom. The largest absolute Gasteiger partial charge is 0.381 e. The van der Waals surface area contributed by atoms with Crippen molar-refractivity contribution in [3.63, 3.8) is 0 Å². The minimum absolute atomic E-state index is 0. The monoisotopic (exact) mass is 645 g/mol. The van der Waals surface area contributed by atoms with E-state index in [0.717, 1.165) is 34.5 Å². The predicted octanol–water partition coefficient (Wildman–Crippen LogP) is 7.78. The van der Waals surface area contributed by atoms with Crippen molar-refractivity contribution in [2.45, 2.75) is 6.18 Å². The number of pyridine rings is 2. The van der Waals surface area contributed by atoms with Crippen LogP contribution in [0.5, 0.6) is 0 Å². The molecule has 177 valence electrons. The van der Waals surface area contributed by atoms with E-state index in [-0.39, 0.29) is 20.1 Å². The first-order valence-corrected chi connectivity index (χ1v) is 10.5. The summed E-state index contributed by atoms with van der Waals surface area (Å²) in [5, 5.41) is 0. The molecule has 0 spiro atoms. The number of hydrogen-bond acceptors (Lipinski definition) is 2. The van der Waals surface area contributed by atoms with E-state index >= 15 is 0 Å². The van der Waals surface area contributed by atoms with Crippen LogP contribution in [-0.2, 0) is 26.3 Å². The molecule has 0 bridgehead atoms. The fourth-order valence-electron chi connectivity index (χ4n) is 3.29. The number of benzene rings is 3. The van der Waals surface area contributed by atoms with Crippen molar-refractivity contribution < 1.29 is 33.3 Å². The second-order valence-corrected chi connectivity index (χ2v) is 7.25. The average molecular weight is 645 g/mol. The van der Waals surface area contributed by atoms with Crippen molar-refractivity contribution in [3.05, 3.63) is 133 Å². The van der Waals surface area contributed by atoms with Crippen LogP contribution in [0.15, 0.2) is 116 Å². The topological polar surface area (TPSA) is 25.8 Å². The summed E-state index contributed by atoms with van der Waals surface area (Å²) in [7, 11) is 0. The number of hydrogen-bond donors (Lipinski definition) is 0. The number of aromatic nitrogens is 2. The second-order valence-electron chi connectivity index (χ2n) is 7.25. The van der Waals surface area contributed by atoms with Crippen molar-refractivity contribution in [3.8, 4) is 33.6 Å². The maximum atomic E-state index is 12.6. The van der Waals surface area contributed by atoms with Gasteiger partial charge in [0.05, 0.1) is 0 Å². The Kier molecular flexibility index (Phi) is 9.07. The van der Waals surface area contributed by atoms with Crippen molar-refractivity contribution in [2.75, 3.05) is 0 Å². The summed E-state index contributed by atoms with van der Waals surface area (Å²) in [6.07, 6.45) is -0.954. The Hall–Kier alpha value is -3.60. The normalized spacial score (nSPS) is 10.5. The zero-order valence-corrected chi connectivity index (χ0v) is 20.7. The third-order valence-electron chi connectivity index (χ3n) is 4.94. The molecule has 0 aliphatic rings. The fraction of sp³-hybridized carbons (Fsp3) is 0.0345. The molecule has 5 rings (SSSR count). The Balaban J connectivity index is 0.000000223. The van der Waals surface area contributed by atoms with Crippen LogP contribution in [0.3, 0.4) is 0 Å². The summed E-state index contributed by atoms with van der Waals surface area (Å²) in [5.74, 6) is 0. The van der Waals surface area contributed by atoms with Gasteiger partial charge in [0.25, 0.3) is 0 Å². The zero-order valence-electron chi connectivity index (χ0n) is 18.3. The van der Waals surface area contributed by atoms with Crippen LogP contribution in [0.25, 0.3) is 33.6 Å². The van der Waals surface area contributed by atoms with Crippen LogP contribution in [0.4, 0.5) is 13.2 Å². The molecule has 0 atom stereocenters. The van der Waals surface area contributed by atoms with Gasteiger partial charge in [-0.25, -0.2) is 0 Å². The van der Waals surface area contributed by atoms with E-state index in [1.165, 1.54) is 6.07 Å². The SMILES string of the molecule is FC(F)(F)c1c[c-]c(-c2ncccc2-c2ccccc2)cc1.[Ir].[c-]1ccccc1-c1ccccn1. The number of nitrogens with zero attached hydrogens (tertiary/aromatic N) is 2. The number of alkyl halides is 3. The van der Waals surface area contributed by atoms with Gasteiger partial charge in [-0.2, -0.15) is 13.2 Å². The summed E-state index contributed by atoms with van der Waals surface area (Å²) in [6, 6.07) is 36.2. The molecule has 0 N–H and O–H groups in total. The van der Waals surface area contributed by atoms with Crippen molar-refractivity contribution >= 4 is 0 Å². The molecule has 3 aromatic carbocycles. The molecule has 0 amide bonds. The molecule has 0 fully saturated rings. The zero-order chi connectivity index (χ0) is 23.8. The molecule has 0 saturated carbocycles. The molecule has 0 aliphatic heterocycles. The van der Waals surface area contributed by atoms with Gasteiger partial charge >= 0.3 is 6.18 Å². The van der Waals surface area contributed by atoms with Crippen LogP contribution in [-0.4, -0.2) is 9.97 Å². The Labute approximate surface area is 215 Å². The summed E-state index contributed by atoms with van der Waals surface area (Å²) >= 11 is 0. The average Bonchev–Trinajstić information content (AvgIpc) is 2.90. The van der Waals surface area contributed by atoms with E-state index in [1.807, 2.05) is 78.9 Å². The summed E-state index contributed by atoms with van der Waals surface area (Å²) in [5.41, 5.74) is 4.26. The van der Waals surface area contributed by atoms with Gasteiger partial charge in [-0.05, 0) is 40.2 Å². The smallest absolute Gasteiger partial charge is 0.305 e. The maximum absolute atomic E-state index is 12.6. The summed E-state index contributed by atoms with van der Waals surface area (Å²) < 4.78 is 37.9. The molecule has 2 aromatic heterocycles. The van der Waals surface area contributed by atoms with E-state index in [4.69, 9.17) is 0 Å². The van der Waals surface area contributed by atoms with Crippen molar-refractivity contribution in [2.24, 2.45) is 0 Å². The molecule has 6 heteroatoms. The fourth-order valence-corrected chi connectivity index (χ4v) is 3.29. The first-order valence-electron chi connectivity index (χ1n) is 10.5. The first kappa shape index (κ1) is 26.0. The molecule has 2 heterocycles. The van der Waals surface area contributed by atoms with E-state index in [0.29, 0.717) is 11.3 Å². The van der Waals surface area contributed by atoms with Crippen LogP contribution >= 0.6 is 0 Å². The van der Waals surface area contributed by atoms with Gasteiger partial charge in [0.2, 0.25) is 0 Å². The first-order chi connectivity index (χ1) is 16.5. The van der Waals surface area contributed by atoms with E-state index in [2.05, 4.69) is 22.1 Å². The van der Waals surface area contributed by atoms with Crippen LogP contribution in [0.2, 0.25) is 0 Å². The Morgan fingerprint density at radius 3 is 2.00 bits per heavy atom. The van der Waals surface area contributed by atoms with E-state index in [9.17, 15) is 13.2 Å². The van der Waals surface area contributed by atoms with Gasteiger partial charge in [-0.1, -0.05) is 48.5 Å². The minimum atomic E-state index is -4.36. The van der Waals surface area contributed by atoms with Crippen LogP contribution in [0.1, 0.15) is 5.56 Å². The van der Waals surface area contributed by atoms with Crippen LogP contribution in [0, 0.1) is 12.1 Å². The molecule has 2 nitrogen and oxygen atoms in total. The molecular weight excluding hydrogens is 626 g/mol. The van der Waals surface area contributed by atoms with E-state index in [1.54, 1.807) is 18.5 Å². The molecular formula is C29H19F3IrN2-2. The van der Waals surface area contributed by atoms with Gasteiger partial charge < -0.3 is 9.97 Å². The summed E-state index contributed by atoms with van der Waals surface area (Å²) in [6.45, 7) is 0. The Morgan fingerprint density at radius 1 is 0.629 bits per heavy atom. The van der Waals surface area contributed by atoms with Crippen LogP contribution < -0.4 is 0 Å². The summed E-state index contributed by atoms with van der Waals surface area (Å²) in [4.78, 5) is 8.52. The van der Waals surface area contributed by atoms with Gasteiger partial charge in [0, 0.05) is 32.5 Å². The van der Waals surface area contributed by atoms with Gasteiger partial charge in [0.15, 0.2) is 0 Å². The number of halogens is 3. The third kappa shape index (κ3) is 6.95. The quantitative estimate of drug-likeness (QED) is 0.188. The van der Waals surface area contributed by atoms with Gasteiger partial charge in [-0.3, -0.25) is 0 Å². The molecule has 0 aliphatic carbocycles. The number of rotatable bonds is 3. The van der Waals surface area contributed by atoms with Gasteiger partial charge in [-0.15, -0.1) is 65.7 Å². The second kappa shape index (κ2) is 12.2. The Bertz CT molecular complexity index is 1270. The maximum Gasteiger partial charge on any atom is 0.381 e. The minimum Gasteiger partial charge on any atom is -0.305 e. The third-order valence-corrected chi connectivity index (χ3v) is 4.94. The van der Waals surface area contributed by atoms with Crippen molar-refractivity contribution in [1.29, 1.82) is 0 Å². The molecule has 0 unspecified atom stereocenters.